The molecule has 0 atom stereocenters. The summed E-state index contributed by atoms with van der Waals surface area (Å²) in [4.78, 5) is 0. The van der Waals surface area contributed by atoms with Crippen molar-refractivity contribution in [3.05, 3.63) is 40.1 Å². The van der Waals surface area contributed by atoms with Gasteiger partial charge < -0.3 is 0 Å². The number of rotatable bonds is 3. The van der Waals surface area contributed by atoms with Gasteiger partial charge in [-0.15, -0.1) is 24.8 Å². The molecule has 0 saturated carbocycles. The van der Waals surface area contributed by atoms with Gasteiger partial charge in [-0.3, -0.25) is 0 Å². The molecule has 0 nitrogen and oxygen atoms in total. The molecule has 0 spiro atoms. The minimum atomic E-state index is -1.74. The summed E-state index contributed by atoms with van der Waals surface area (Å²) in [5.41, 5.74) is 9.88. The molecule has 0 amide bonds. The van der Waals surface area contributed by atoms with Crippen molar-refractivity contribution in [2.24, 2.45) is 0 Å². The monoisotopic (exact) mass is 525 g/mol. The van der Waals surface area contributed by atoms with E-state index in [0.29, 0.717) is 0 Å². The third-order valence-electron chi connectivity index (χ3n) is 5.42. The Morgan fingerprint density at radius 2 is 0.955 bits per heavy atom. The summed E-state index contributed by atoms with van der Waals surface area (Å²) < 4.78 is 3.92. The fraction of sp³-hybridized carbons (Fsp3) is 0.556. The summed E-state index contributed by atoms with van der Waals surface area (Å²) in [6, 6.07) is 0. The van der Waals surface area contributed by atoms with Crippen molar-refractivity contribution in [1.29, 1.82) is 0 Å². The second kappa shape index (κ2) is 8.64. The average Bonchev–Trinajstić information content (AvgIpc) is 2.76. The van der Waals surface area contributed by atoms with Crippen molar-refractivity contribution < 1.29 is 20.6 Å². The average molecular weight is 525 g/mol. The summed E-state index contributed by atoms with van der Waals surface area (Å²) in [6.07, 6.45) is 2.64. The van der Waals surface area contributed by atoms with Crippen LogP contribution in [0, 0.1) is 0 Å². The number of hydrogen-bond donors (Lipinski definition) is 0. The number of hydrogen-bond acceptors (Lipinski definition) is 0. The summed E-state index contributed by atoms with van der Waals surface area (Å²) in [5.74, 6) is -0.534. The predicted molar refractivity (Wildman–Crippen MR) is 105 cm³/mol. The molecule has 0 bridgehead atoms. The molecule has 4 heteroatoms. The van der Waals surface area contributed by atoms with Crippen LogP contribution >= 0.6 is 24.8 Å². The second-order valence-corrected chi connectivity index (χ2v) is 33.7. The maximum atomic E-state index is 2.62. The number of halogens is 2. The number of allylic oxidation sites excluding steroid dienone is 8. The first-order chi connectivity index (χ1) is 9.25. The van der Waals surface area contributed by atoms with Crippen LogP contribution < -0.4 is 0 Å². The third kappa shape index (κ3) is 3.99. The second-order valence-electron chi connectivity index (χ2n) is 6.94. The van der Waals surface area contributed by atoms with Crippen LogP contribution in [0.15, 0.2) is 40.1 Å². The van der Waals surface area contributed by atoms with Gasteiger partial charge in [-0.05, 0) is 0 Å². The van der Waals surface area contributed by atoms with E-state index < -0.39 is 26.6 Å². The van der Waals surface area contributed by atoms with Gasteiger partial charge in [0.25, 0.3) is 0 Å². The Bertz CT molecular complexity index is 532. The Kier molecular flexibility index (Phi) is 8.89. The Morgan fingerprint density at radius 1 is 0.636 bits per heavy atom. The fourth-order valence-electron chi connectivity index (χ4n) is 3.63. The molecule has 2 aliphatic carbocycles. The summed E-state index contributed by atoms with van der Waals surface area (Å²) in [7, 11) is 0. The van der Waals surface area contributed by atoms with Crippen molar-refractivity contribution in [2.75, 3.05) is 0 Å². The predicted octanol–water partition coefficient (Wildman–Crippen LogP) is 6.46. The van der Waals surface area contributed by atoms with Gasteiger partial charge in [-0.2, -0.15) is 0 Å². The Hall–Kier alpha value is 0.627. The van der Waals surface area contributed by atoms with E-state index in [1.165, 1.54) is 12.8 Å². The van der Waals surface area contributed by atoms with Crippen molar-refractivity contribution in [3.8, 4) is 0 Å². The molecule has 2 rings (SSSR count). The molecular formula is C18H31Cl2HfSi. The topological polar surface area (TPSA) is 0 Å². The molecule has 0 fully saturated rings. The third-order valence-corrected chi connectivity index (χ3v) is 33.4. The van der Waals surface area contributed by atoms with E-state index in [1.54, 1.807) is 33.4 Å². The first-order valence-electron chi connectivity index (χ1n) is 7.86. The molecule has 2 aliphatic rings. The van der Waals surface area contributed by atoms with E-state index in [-0.39, 0.29) is 24.8 Å². The van der Waals surface area contributed by atoms with Crippen molar-refractivity contribution in [1.82, 2.24) is 0 Å². The van der Waals surface area contributed by atoms with Crippen LogP contribution in [0.4, 0.5) is 0 Å². The van der Waals surface area contributed by atoms with Crippen molar-refractivity contribution in [3.63, 3.8) is 0 Å². The first-order valence-corrected chi connectivity index (χ1v) is 20.6. The quantitative estimate of drug-likeness (QED) is 0.372. The van der Waals surface area contributed by atoms with Gasteiger partial charge in [0.1, 0.15) is 0 Å². The molecule has 0 radical (unpaired) electrons. The zero-order valence-corrected chi connectivity index (χ0v) is 21.7. The normalized spacial score (nSPS) is 18.4. The molecule has 0 unspecified atom stereocenters. The van der Waals surface area contributed by atoms with E-state index in [4.69, 9.17) is 0 Å². The summed E-state index contributed by atoms with van der Waals surface area (Å²) >= 11 is -1.74. The van der Waals surface area contributed by atoms with E-state index >= 15 is 0 Å². The van der Waals surface area contributed by atoms with Gasteiger partial charge in [0, 0.05) is 0 Å². The molecule has 0 saturated heterocycles. The van der Waals surface area contributed by atoms with E-state index in [1.807, 2.05) is 6.66 Å². The van der Waals surface area contributed by atoms with Gasteiger partial charge in [0.15, 0.2) is 0 Å². The molecule has 0 heterocycles. The van der Waals surface area contributed by atoms with Crippen LogP contribution in [-0.2, 0) is 20.6 Å². The fourth-order valence-corrected chi connectivity index (χ4v) is 34.1. The SMILES string of the molecule is CC1=C(C)C(C)=[C]([Hf]([C]2=C(C)C(C)=C(C)C2)[SiH](C)C)C1.Cl.Cl. The largest absolute Gasteiger partial charge is 0.147 e. The van der Waals surface area contributed by atoms with Crippen LogP contribution in [0.3, 0.4) is 0 Å². The van der Waals surface area contributed by atoms with E-state index in [0.717, 1.165) is 0 Å². The standard InChI is InChI=1S/2C8H11.C2H7Si.2ClH.Hf/c2*1-6-4-5-7(2)8(6)3;1-3-2;;;/h2*4H2,1-3H3;3H,1-2H3;2*1H;. The van der Waals surface area contributed by atoms with Crippen LogP contribution in [0.2, 0.25) is 13.1 Å². The zero-order valence-electron chi connectivity index (χ0n) is 15.3. The Morgan fingerprint density at radius 3 is 1.14 bits per heavy atom. The molecule has 22 heavy (non-hydrogen) atoms. The smallest absolute Gasteiger partial charge is 0.147 e. The Labute approximate surface area is 158 Å². The molecular weight excluding hydrogens is 494 g/mol. The van der Waals surface area contributed by atoms with Crippen LogP contribution in [0.25, 0.3) is 0 Å². The van der Waals surface area contributed by atoms with Crippen molar-refractivity contribution >= 4 is 30.8 Å². The summed E-state index contributed by atoms with van der Waals surface area (Å²) in [5, 5.41) is 0. The van der Waals surface area contributed by atoms with Gasteiger partial charge in [-0.1, -0.05) is 0 Å². The van der Waals surface area contributed by atoms with E-state index in [2.05, 4.69) is 54.6 Å². The van der Waals surface area contributed by atoms with Gasteiger partial charge in [-0.25, -0.2) is 0 Å². The molecule has 0 aliphatic heterocycles. The first kappa shape index (κ1) is 22.6. The molecule has 125 valence electrons. The summed E-state index contributed by atoms with van der Waals surface area (Å²) in [6.45, 7) is 19.4. The minimum Gasteiger partial charge on any atom is -0.147 e. The van der Waals surface area contributed by atoms with Gasteiger partial charge >= 0.3 is 134 Å². The maximum absolute atomic E-state index is 2.62. The van der Waals surface area contributed by atoms with Crippen molar-refractivity contribution in [2.45, 2.75) is 67.5 Å². The molecule has 0 aromatic carbocycles. The van der Waals surface area contributed by atoms with Crippen LogP contribution in [0.1, 0.15) is 54.4 Å². The van der Waals surface area contributed by atoms with Gasteiger partial charge in [0.05, 0.1) is 0 Å². The minimum absolute atomic E-state index is 0. The zero-order chi connectivity index (χ0) is 15.2. The maximum Gasteiger partial charge on any atom is -0.147 e. The molecule has 0 N–H and O–H groups in total. The Balaban J connectivity index is 0.00000220. The molecule has 0 aromatic rings. The van der Waals surface area contributed by atoms with Crippen LogP contribution in [0.5, 0.6) is 0 Å². The van der Waals surface area contributed by atoms with Crippen LogP contribution in [-0.4, -0.2) is 5.98 Å². The molecule has 0 aromatic heterocycles. The van der Waals surface area contributed by atoms with E-state index in [9.17, 15) is 0 Å². The van der Waals surface area contributed by atoms with Gasteiger partial charge in [0.2, 0.25) is 0 Å².